The third kappa shape index (κ3) is 3.78. The van der Waals surface area contributed by atoms with Gasteiger partial charge in [0, 0.05) is 18.6 Å². The average molecular weight is 299 g/mol. The highest BCUT2D eigenvalue weighted by molar-refractivity contribution is 5.82. The molecule has 0 N–H and O–H groups in total. The Kier molecular flexibility index (Phi) is 5.41. The van der Waals surface area contributed by atoms with E-state index in [1.807, 2.05) is 24.3 Å². The van der Waals surface area contributed by atoms with Crippen molar-refractivity contribution in [3.8, 4) is 6.26 Å². The van der Waals surface area contributed by atoms with Gasteiger partial charge >= 0.3 is 5.97 Å². The van der Waals surface area contributed by atoms with Gasteiger partial charge in [0.25, 0.3) is 6.26 Å². The fraction of sp³-hybridized carbons (Fsp3) is 0.333. The van der Waals surface area contributed by atoms with Crippen molar-refractivity contribution in [1.82, 2.24) is 0 Å². The zero-order chi connectivity index (χ0) is 15.8. The highest BCUT2D eigenvalue weighted by atomic mass is 16.6. The van der Waals surface area contributed by atoms with Crippen LogP contribution in [0.5, 0.6) is 0 Å². The molecule has 1 aliphatic heterocycles. The van der Waals surface area contributed by atoms with Gasteiger partial charge in [-0.25, -0.2) is 14.6 Å². The molecule has 0 bridgehead atoms. The van der Waals surface area contributed by atoms with Gasteiger partial charge in [0.15, 0.2) is 0 Å². The van der Waals surface area contributed by atoms with Gasteiger partial charge in [0.1, 0.15) is 6.61 Å². The molecule has 0 saturated carbocycles. The van der Waals surface area contributed by atoms with Gasteiger partial charge in [-0.05, 0) is 11.6 Å². The molecule has 0 aliphatic carbocycles. The molecule has 112 valence electrons. The van der Waals surface area contributed by atoms with E-state index in [1.54, 1.807) is 6.21 Å². The predicted octanol–water partition coefficient (Wildman–Crippen LogP) is 1.62. The van der Waals surface area contributed by atoms with Crippen LogP contribution in [0.3, 0.4) is 0 Å². The highest BCUT2D eigenvalue weighted by Crippen LogP contribution is 2.34. The van der Waals surface area contributed by atoms with E-state index in [9.17, 15) is 9.59 Å². The van der Waals surface area contributed by atoms with E-state index in [0.29, 0.717) is 0 Å². The summed E-state index contributed by atoms with van der Waals surface area (Å²) in [6.07, 6.45) is 3.82. The summed E-state index contributed by atoms with van der Waals surface area (Å²) in [5.74, 6) is -0.782. The highest BCUT2D eigenvalue weighted by Gasteiger charge is 2.29. The SMILES string of the molecule is N#COC(CC1C=Nc2ccccc21)C(=O)OCCN=C=O. The van der Waals surface area contributed by atoms with Crippen LogP contribution < -0.4 is 0 Å². The quantitative estimate of drug-likeness (QED) is 0.250. The fourth-order valence-electron chi connectivity index (χ4n) is 2.17. The van der Waals surface area contributed by atoms with Crippen molar-refractivity contribution < 1.29 is 19.1 Å². The minimum absolute atomic E-state index is 0.0300. The predicted molar refractivity (Wildman–Crippen MR) is 76.4 cm³/mol. The van der Waals surface area contributed by atoms with Crippen molar-refractivity contribution in [2.75, 3.05) is 13.2 Å². The zero-order valence-corrected chi connectivity index (χ0v) is 11.6. The van der Waals surface area contributed by atoms with E-state index >= 15 is 0 Å². The molecule has 1 aromatic rings. The number of hydrogen-bond donors (Lipinski definition) is 0. The van der Waals surface area contributed by atoms with Crippen LogP contribution in [0, 0.1) is 11.5 Å². The number of carbonyl (C=O) groups is 1. The first-order valence-corrected chi connectivity index (χ1v) is 6.64. The zero-order valence-electron chi connectivity index (χ0n) is 11.6. The molecule has 2 atom stereocenters. The topological polar surface area (TPSA) is 101 Å². The van der Waals surface area contributed by atoms with Crippen LogP contribution >= 0.6 is 0 Å². The van der Waals surface area contributed by atoms with Gasteiger partial charge in [-0.15, -0.1) is 0 Å². The Balaban J connectivity index is 1.98. The van der Waals surface area contributed by atoms with Crippen molar-refractivity contribution in [2.45, 2.75) is 18.4 Å². The van der Waals surface area contributed by atoms with Crippen molar-refractivity contribution in [3.63, 3.8) is 0 Å². The normalized spacial score (nSPS) is 16.0. The standard InChI is InChI=1S/C15H13N3O4/c16-9-22-14(15(20)21-6-5-17-10-19)7-11-8-18-13-4-2-1-3-12(11)13/h1-4,8,11,14H,5-7H2. The summed E-state index contributed by atoms with van der Waals surface area (Å²) in [7, 11) is 0. The first kappa shape index (κ1) is 15.4. The maximum atomic E-state index is 11.9. The number of benzene rings is 1. The lowest BCUT2D eigenvalue weighted by Crippen LogP contribution is -2.28. The molecule has 0 radical (unpaired) electrons. The van der Waals surface area contributed by atoms with Crippen LogP contribution in [0.4, 0.5) is 5.69 Å². The number of nitriles is 1. The fourth-order valence-corrected chi connectivity index (χ4v) is 2.17. The lowest BCUT2D eigenvalue weighted by atomic mass is 9.95. The molecule has 1 heterocycles. The smallest absolute Gasteiger partial charge is 0.348 e. The van der Waals surface area contributed by atoms with E-state index in [-0.39, 0.29) is 25.5 Å². The number of hydrogen-bond acceptors (Lipinski definition) is 7. The molecule has 2 unspecified atom stereocenters. The minimum Gasteiger partial charge on any atom is -0.461 e. The Morgan fingerprint density at radius 3 is 3.05 bits per heavy atom. The molecular weight excluding hydrogens is 286 g/mol. The number of carbonyl (C=O) groups excluding carboxylic acids is 2. The largest absolute Gasteiger partial charge is 0.461 e. The summed E-state index contributed by atoms with van der Waals surface area (Å²) in [4.78, 5) is 29.4. The van der Waals surface area contributed by atoms with Gasteiger partial charge < -0.3 is 9.47 Å². The van der Waals surface area contributed by atoms with Gasteiger partial charge in [-0.1, -0.05) is 18.2 Å². The molecule has 0 saturated heterocycles. The van der Waals surface area contributed by atoms with Crippen LogP contribution in [0.15, 0.2) is 34.3 Å². The Bertz CT molecular complexity index is 659. The number of nitrogens with zero attached hydrogens (tertiary/aromatic N) is 3. The Hall–Kier alpha value is -2.97. The molecule has 7 nitrogen and oxygen atoms in total. The Morgan fingerprint density at radius 1 is 1.45 bits per heavy atom. The van der Waals surface area contributed by atoms with E-state index in [0.717, 1.165) is 11.3 Å². The van der Waals surface area contributed by atoms with Gasteiger partial charge in [-0.3, -0.25) is 4.99 Å². The summed E-state index contributed by atoms with van der Waals surface area (Å²) in [5, 5.41) is 8.68. The van der Waals surface area contributed by atoms with Crippen molar-refractivity contribution >= 4 is 24.0 Å². The molecule has 2 rings (SSSR count). The first-order chi connectivity index (χ1) is 10.8. The van der Waals surface area contributed by atoms with E-state index in [2.05, 4.69) is 9.98 Å². The summed E-state index contributed by atoms with van der Waals surface area (Å²) in [6, 6.07) is 7.56. The molecule has 7 heteroatoms. The molecular formula is C15H13N3O4. The van der Waals surface area contributed by atoms with Crippen LogP contribution in [0.1, 0.15) is 17.9 Å². The summed E-state index contributed by atoms with van der Waals surface area (Å²) in [5.41, 5.74) is 1.82. The third-order valence-corrected chi connectivity index (χ3v) is 3.17. The number of aliphatic imine (C=N–C) groups is 2. The Morgan fingerprint density at radius 2 is 2.27 bits per heavy atom. The van der Waals surface area contributed by atoms with E-state index in [4.69, 9.17) is 14.7 Å². The van der Waals surface area contributed by atoms with Crippen molar-refractivity contribution in [1.29, 1.82) is 5.26 Å². The monoisotopic (exact) mass is 299 g/mol. The summed E-state index contributed by atoms with van der Waals surface area (Å²) < 4.78 is 9.72. The number of isocyanates is 1. The van der Waals surface area contributed by atoms with Gasteiger partial charge in [0.2, 0.25) is 12.2 Å². The van der Waals surface area contributed by atoms with Crippen molar-refractivity contribution in [2.24, 2.45) is 9.98 Å². The molecule has 0 spiro atoms. The van der Waals surface area contributed by atoms with E-state index in [1.165, 1.54) is 12.3 Å². The van der Waals surface area contributed by atoms with Crippen LogP contribution in [0.2, 0.25) is 0 Å². The van der Waals surface area contributed by atoms with Crippen LogP contribution in [-0.4, -0.2) is 37.5 Å². The maximum Gasteiger partial charge on any atom is 0.348 e. The second-order valence-corrected chi connectivity index (χ2v) is 4.52. The minimum atomic E-state index is -1.02. The maximum absolute atomic E-state index is 11.9. The summed E-state index contributed by atoms with van der Waals surface area (Å²) in [6.45, 7) is -0.0308. The summed E-state index contributed by atoms with van der Waals surface area (Å²) >= 11 is 0. The van der Waals surface area contributed by atoms with Crippen molar-refractivity contribution in [3.05, 3.63) is 29.8 Å². The molecule has 0 aromatic heterocycles. The van der Waals surface area contributed by atoms with E-state index < -0.39 is 12.1 Å². The molecule has 1 aromatic carbocycles. The van der Waals surface area contributed by atoms with Crippen LogP contribution in [0.25, 0.3) is 0 Å². The molecule has 1 aliphatic rings. The number of rotatable bonds is 7. The number of fused-ring (bicyclic) bond motifs is 1. The number of para-hydroxylation sites is 1. The van der Waals surface area contributed by atoms with Gasteiger partial charge in [0.05, 0.1) is 12.2 Å². The number of esters is 1. The molecule has 0 amide bonds. The lowest BCUT2D eigenvalue weighted by molar-refractivity contribution is -0.153. The third-order valence-electron chi connectivity index (χ3n) is 3.17. The Labute approximate surface area is 126 Å². The molecule has 22 heavy (non-hydrogen) atoms. The number of ether oxygens (including phenoxy) is 2. The van der Waals surface area contributed by atoms with Gasteiger partial charge in [-0.2, -0.15) is 5.26 Å². The molecule has 0 fully saturated rings. The second kappa shape index (κ2) is 7.72. The van der Waals surface area contributed by atoms with Crippen LogP contribution in [-0.2, 0) is 19.1 Å². The average Bonchev–Trinajstić information content (AvgIpc) is 2.94. The first-order valence-electron chi connectivity index (χ1n) is 6.64. The second-order valence-electron chi connectivity index (χ2n) is 4.52. The lowest BCUT2D eigenvalue weighted by Gasteiger charge is -2.16.